The van der Waals surface area contributed by atoms with Gasteiger partial charge in [-0.25, -0.2) is 0 Å². The van der Waals surface area contributed by atoms with Crippen LogP contribution in [-0.4, -0.2) is 12.6 Å². The smallest absolute Gasteiger partial charge is 0.104 e. The van der Waals surface area contributed by atoms with E-state index in [1.54, 1.807) is 0 Å². The molecule has 0 radical (unpaired) electrons. The number of hydrogen-bond donors (Lipinski definition) is 1. The molecule has 0 unspecified atom stereocenters. The van der Waals surface area contributed by atoms with Crippen LogP contribution in [0.2, 0.25) is 0 Å². The molecule has 0 aliphatic heterocycles. The van der Waals surface area contributed by atoms with E-state index in [9.17, 15) is 0 Å². The fourth-order valence-corrected chi connectivity index (χ4v) is 2.40. The predicted molar refractivity (Wildman–Crippen MR) is 103 cm³/mol. The predicted octanol–water partition coefficient (Wildman–Crippen LogP) is 5.38. The number of amidine groups is 1. The molecular formula is C20H31N3. The van der Waals surface area contributed by atoms with Gasteiger partial charge in [-0.1, -0.05) is 45.9 Å². The first kappa shape index (κ1) is 19.1. The van der Waals surface area contributed by atoms with Crippen molar-refractivity contribution in [1.82, 2.24) is 5.32 Å². The molecule has 0 aromatic heterocycles. The second-order valence-corrected chi connectivity index (χ2v) is 6.53. The molecule has 0 heterocycles. The number of nitrogens with zero attached hydrogens (tertiary/aromatic N) is 2. The average Bonchev–Trinajstić information content (AvgIpc) is 2.53. The molecule has 1 aromatic carbocycles. The van der Waals surface area contributed by atoms with Crippen LogP contribution in [-0.2, 0) is 12.0 Å². The van der Waals surface area contributed by atoms with Gasteiger partial charge in [-0.2, -0.15) is 0 Å². The van der Waals surface area contributed by atoms with E-state index in [1.807, 2.05) is 6.20 Å². The highest BCUT2D eigenvalue weighted by atomic mass is 15.0. The van der Waals surface area contributed by atoms with Crippen molar-refractivity contribution in [3.05, 3.63) is 41.6 Å². The molecule has 1 aromatic rings. The third kappa shape index (κ3) is 5.34. The summed E-state index contributed by atoms with van der Waals surface area (Å²) in [7, 11) is 0. The molecule has 23 heavy (non-hydrogen) atoms. The molecule has 0 saturated carbocycles. The fourth-order valence-electron chi connectivity index (χ4n) is 2.40. The first-order valence-corrected chi connectivity index (χ1v) is 8.47. The van der Waals surface area contributed by atoms with Crippen molar-refractivity contribution < 1.29 is 0 Å². The van der Waals surface area contributed by atoms with E-state index in [4.69, 9.17) is 4.99 Å². The van der Waals surface area contributed by atoms with Crippen molar-refractivity contribution in [3.63, 3.8) is 0 Å². The molecule has 0 fully saturated rings. The molecule has 1 rings (SSSR count). The van der Waals surface area contributed by atoms with Crippen LogP contribution in [0.25, 0.3) is 0 Å². The number of nitrogens with one attached hydrogen (secondary N) is 1. The second-order valence-electron chi connectivity index (χ2n) is 6.53. The van der Waals surface area contributed by atoms with Gasteiger partial charge in [0.15, 0.2) is 0 Å². The van der Waals surface area contributed by atoms with E-state index < -0.39 is 0 Å². The van der Waals surface area contributed by atoms with Gasteiger partial charge < -0.3 is 5.32 Å². The third-order valence-electron chi connectivity index (χ3n) is 3.83. The van der Waals surface area contributed by atoms with E-state index >= 15 is 0 Å². The topological polar surface area (TPSA) is 36.8 Å². The van der Waals surface area contributed by atoms with E-state index in [1.165, 1.54) is 5.56 Å². The van der Waals surface area contributed by atoms with Crippen molar-refractivity contribution in [2.24, 2.45) is 15.9 Å². The van der Waals surface area contributed by atoms with Crippen LogP contribution >= 0.6 is 0 Å². The Balaban J connectivity index is 3.24. The SMILES string of the molecule is C=Nc1cc(CC)ccc1C(C)(C)N=C(N/C=C\CC)C(C)C. The first-order valence-electron chi connectivity index (χ1n) is 8.47. The van der Waals surface area contributed by atoms with Gasteiger partial charge in [0.1, 0.15) is 5.84 Å². The van der Waals surface area contributed by atoms with Crippen LogP contribution in [0.1, 0.15) is 59.1 Å². The summed E-state index contributed by atoms with van der Waals surface area (Å²) in [4.78, 5) is 9.20. The molecular weight excluding hydrogens is 282 g/mol. The molecule has 0 bridgehead atoms. The Kier molecular flexibility index (Phi) is 7.21. The van der Waals surface area contributed by atoms with Gasteiger partial charge in [0.25, 0.3) is 0 Å². The summed E-state index contributed by atoms with van der Waals surface area (Å²) < 4.78 is 0. The zero-order valence-electron chi connectivity index (χ0n) is 15.5. The summed E-state index contributed by atoms with van der Waals surface area (Å²) in [5, 5.41) is 3.33. The van der Waals surface area contributed by atoms with E-state index in [0.29, 0.717) is 5.92 Å². The van der Waals surface area contributed by atoms with Crippen molar-refractivity contribution in [2.45, 2.75) is 59.9 Å². The number of rotatable bonds is 7. The standard InChI is InChI=1S/C20H31N3/c1-8-10-13-22-19(15(3)4)23-20(5,6)17-12-11-16(9-2)14-18(17)21-7/h10-15H,7-9H2,1-6H3,(H,22,23)/b13-10-. The average molecular weight is 313 g/mol. The quantitative estimate of drug-likeness (QED) is 0.532. The largest absolute Gasteiger partial charge is 0.351 e. The zero-order valence-corrected chi connectivity index (χ0v) is 15.5. The van der Waals surface area contributed by atoms with Crippen LogP contribution in [0, 0.1) is 5.92 Å². The van der Waals surface area contributed by atoms with Gasteiger partial charge in [-0.3, -0.25) is 9.98 Å². The summed E-state index contributed by atoms with van der Waals surface area (Å²) in [5.74, 6) is 1.31. The summed E-state index contributed by atoms with van der Waals surface area (Å²) in [6, 6.07) is 6.39. The molecule has 0 aliphatic rings. The molecule has 0 amide bonds. The lowest BCUT2D eigenvalue weighted by molar-refractivity contribution is 0.550. The lowest BCUT2D eigenvalue weighted by atomic mass is 9.91. The zero-order chi connectivity index (χ0) is 17.5. The molecule has 0 aliphatic carbocycles. The minimum atomic E-state index is -0.366. The number of aliphatic imine (C=N–C) groups is 2. The maximum absolute atomic E-state index is 4.98. The number of hydrogen-bond acceptors (Lipinski definition) is 2. The number of aryl methyl sites for hydroxylation is 1. The fraction of sp³-hybridized carbons (Fsp3) is 0.500. The second kappa shape index (κ2) is 8.66. The van der Waals surface area contributed by atoms with Crippen LogP contribution in [0.4, 0.5) is 5.69 Å². The third-order valence-corrected chi connectivity index (χ3v) is 3.83. The lowest BCUT2D eigenvalue weighted by Crippen LogP contribution is -2.28. The van der Waals surface area contributed by atoms with Crippen LogP contribution < -0.4 is 5.32 Å². The van der Waals surface area contributed by atoms with Gasteiger partial charge in [0.2, 0.25) is 0 Å². The molecule has 0 atom stereocenters. The minimum Gasteiger partial charge on any atom is -0.351 e. The molecule has 1 N–H and O–H groups in total. The van der Waals surface area contributed by atoms with E-state index in [-0.39, 0.29) is 5.54 Å². The summed E-state index contributed by atoms with van der Waals surface area (Å²) in [6.07, 6.45) is 6.07. The Morgan fingerprint density at radius 1 is 1.30 bits per heavy atom. The van der Waals surface area contributed by atoms with Crippen molar-refractivity contribution in [3.8, 4) is 0 Å². The molecule has 3 nitrogen and oxygen atoms in total. The Hall–Kier alpha value is -1.90. The summed E-state index contributed by atoms with van der Waals surface area (Å²) >= 11 is 0. The first-order chi connectivity index (χ1) is 10.9. The summed E-state index contributed by atoms with van der Waals surface area (Å²) in [6.45, 7) is 16.5. The maximum Gasteiger partial charge on any atom is 0.104 e. The monoisotopic (exact) mass is 313 g/mol. The lowest BCUT2D eigenvalue weighted by Gasteiger charge is -2.25. The Labute approximate surface area is 141 Å². The molecule has 3 heteroatoms. The molecule has 0 spiro atoms. The van der Waals surface area contributed by atoms with Gasteiger partial charge in [-0.15, -0.1) is 0 Å². The normalized spacial score (nSPS) is 12.9. The highest BCUT2D eigenvalue weighted by Crippen LogP contribution is 2.34. The number of benzene rings is 1. The highest BCUT2D eigenvalue weighted by molar-refractivity contribution is 5.85. The van der Waals surface area contributed by atoms with Crippen LogP contribution in [0.3, 0.4) is 0 Å². The van der Waals surface area contributed by atoms with Gasteiger partial charge in [0.05, 0.1) is 11.2 Å². The molecule has 0 saturated heterocycles. The minimum absolute atomic E-state index is 0.325. The van der Waals surface area contributed by atoms with Gasteiger partial charge >= 0.3 is 0 Å². The van der Waals surface area contributed by atoms with Crippen LogP contribution in [0.15, 0.2) is 40.5 Å². The van der Waals surface area contributed by atoms with Crippen molar-refractivity contribution in [2.75, 3.05) is 0 Å². The Morgan fingerprint density at radius 2 is 2.00 bits per heavy atom. The van der Waals surface area contributed by atoms with Gasteiger partial charge in [-0.05, 0) is 51.2 Å². The summed E-state index contributed by atoms with van der Waals surface area (Å²) in [5.41, 5.74) is 2.92. The van der Waals surface area contributed by atoms with Crippen molar-refractivity contribution >= 4 is 18.2 Å². The molecule has 126 valence electrons. The Bertz CT molecular complexity index is 581. The van der Waals surface area contributed by atoms with Crippen molar-refractivity contribution in [1.29, 1.82) is 0 Å². The highest BCUT2D eigenvalue weighted by Gasteiger charge is 2.24. The van der Waals surface area contributed by atoms with E-state index in [0.717, 1.165) is 29.9 Å². The Morgan fingerprint density at radius 3 is 2.52 bits per heavy atom. The van der Waals surface area contributed by atoms with Crippen LogP contribution in [0.5, 0.6) is 0 Å². The van der Waals surface area contributed by atoms with E-state index in [2.05, 4.69) is 82.8 Å². The maximum atomic E-state index is 4.98. The number of allylic oxidation sites excluding steroid dienone is 1. The van der Waals surface area contributed by atoms with Gasteiger partial charge in [0, 0.05) is 11.5 Å².